The van der Waals surface area contributed by atoms with Crippen LogP contribution in [-0.4, -0.2) is 28.3 Å². The van der Waals surface area contributed by atoms with Crippen LogP contribution in [0.2, 0.25) is 15.2 Å². The summed E-state index contributed by atoms with van der Waals surface area (Å²) in [4.78, 5) is 22.6. The summed E-state index contributed by atoms with van der Waals surface area (Å²) in [6.45, 7) is 1.33. The van der Waals surface area contributed by atoms with Crippen LogP contribution in [0.15, 0.2) is 18.2 Å². The Kier molecular flexibility index (Phi) is 5.51. The fourth-order valence-corrected chi connectivity index (χ4v) is 2.69. The quantitative estimate of drug-likeness (QED) is 0.813. The molecule has 0 aliphatic carbocycles. The molecule has 122 valence electrons. The molecule has 1 heterocycles. The maximum Gasteiger partial charge on any atom is 0.343 e. The van der Waals surface area contributed by atoms with Crippen molar-refractivity contribution in [3.63, 3.8) is 0 Å². The van der Waals surface area contributed by atoms with Gasteiger partial charge in [0, 0.05) is 10.0 Å². The Morgan fingerprint density at radius 2 is 2.00 bits per heavy atom. The molecular weight excluding hydrogens is 365 g/mol. The molecular formula is C14H12Cl3N3O3. The fraction of sp³-hybridized carbons (Fsp3) is 0.214. The van der Waals surface area contributed by atoms with E-state index < -0.39 is 18.5 Å². The van der Waals surface area contributed by atoms with Gasteiger partial charge in [0.25, 0.3) is 5.91 Å². The van der Waals surface area contributed by atoms with Crippen molar-refractivity contribution in [3.8, 4) is 0 Å². The molecule has 0 radical (unpaired) electrons. The number of ether oxygens (including phenoxy) is 1. The van der Waals surface area contributed by atoms with Crippen molar-refractivity contribution >= 4 is 46.7 Å². The first-order valence-electron chi connectivity index (χ1n) is 6.42. The lowest BCUT2D eigenvalue weighted by atomic mass is 10.2. The number of hydrogen-bond acceptors (Lipinski definition) is 4. The zero-order chi connectivity index (χ0) is 17.1. The molecule has 2 aromatic rings. The van der Waals surface area contributed by atoms with Gasteiger partial charge in [-0.05, 0) is 24.6 Å². The largest absolute Gasteiger partial charge is 0.452 e. The number of carbonyl (C=O) groups excluding carboxylic acids is 2. The topological polar surface area (TPSA) is 87.2 Å². The number of halogens is 3. The van der Waals surface area contributed by atoms with E-state index in [4.69, 9.17) is 45.3 Å². The third-order valence-electron chi connectivity index (χ3n) is 2.95. The maximum absolute atomic E-state index is 12.0. The van der Waals surface area contributed by atoms with Crippen LogP contribution in [0.1, 0.15) is 21.6 Å². The lowest BCUT2D eigenvalue weighted by molar-refractivity contribution is -0.121. The molecule has 0 atom stereocenters. The van der Waals surface area contributed by atoms with Crippen LogP contribution in [0, 0.1) is 6.92 Å². The van der Waals surface area contributed by atoms with E-state index in [9.17, 15) is 9.59 Å². The molecule has 0 aliphatic rings. The van der Waals surface area contributed by atoms with Gasteiger partial charge < -0.3 is 10.5 Å². The molecule has 2 rings (SSSR count). The number of hydrogen-bond donors (Lipinski definition) is 1. The Morgan fingerprint density at radius 1 is 1.30 bits per heavy atom. The van der Waals surface area contributed by atoms with Crippen molar-refractivity contribution in [1.29, 1.82) is 0 Å². The molecule has 6 nitrogen and oxygen atoms in total. The molecule has 0 unspecified atom stereocenters. The summed E-state index contributed by atoms with van der Waals surface area (Å²) < 4.78 is 6.17. The van der Waals surface area contributed by atoms with Gasteiger partial charge in [-0.1, -0.05) is 40.9 Å². The molecule has 2 N–H and O–H groups in total. The van der Waals surface area contributed by atoms with E-state index in [1.54, 1.807) is 25.1 Å². The van der Waals surface area contributed by atoms with Crippen LogP contribution >= 0.6 is 34.8 Å². The summed E-state index contributed by atoms with van der Waals surface area (Å²) in [6, 6.07) is 5.03. The number of nitrogens with two attached hydrogens (primary N) is 1. The van der Waals surface area contributed by atoms with Crippen LogP contribution in [0.5, 0.6) is 0 Å². The lowest BCUT2D eigenvalue weighted by Gasteiger charge is -2.06. The molecule has 0 spiro atoms. The Morgan fingerprint density at radius 3 is 2.61 bits per heavy atom. The van der Waals surface area contributed by atoms with Gasteiger partial charge in [0.1, 0.15) is 10.7 Å². The SMILES string of the molecule is Cc1nn(Cc2ccc(Cl)cc2Cl)c(Cl)c1C(=O)OCC(N)=O. The van der Waals surface area contributed by atoms with Crippen LogP contribution < -0.4 is 5.73 Å². The predicted octanol–water partition coefficient (Wildman–Crippen LogP) is 2.84. The second-order valence-electron chi connectivity index (χ2n) is 4.69. The smallest absolute Gasteiger partial charge is 0.343 e. The minimum absolute atomic E-state index is 0.0815. The Bertz CT molecular complexity index is 774. The first-order valence-corrected chi connectivity index (χ1v) is 7.55. The maximum atomic E-state index is 12.0. The molecule has 1 aromatic carbocycles. The zero-order valence-electron chi connectivity index (χ0n) is 12.0. The second kappa shape index (κ2) is 7.21. The van der Waals surface area contributed by atoms with Crippen molar-refractivity contribution in [3.05, 3.63) is 50.2 Å². The van der Waals surface area contributed by atoms with Gasteiger partial charge in [0.2, 0.25) is 0 Å². The van der Waals surface area contributed by atoms with Gasteiger partial charge in [-0.15, -0.1) is 0 Å². The summed E-state index contributed by atoms with van der Waals surface area (Å²) in [5, 5.41) is 5.25. The number of aryl methyl sites for hydroxylation is 1. The molecule has 1 aromatic heterocycles. The van der Waals surface area contributed by atoms with E-state index in [1.165, 1.54) is 4.68 Å². The third-order valence-corrected chi connectivity index (χ3v) is 3.92. The highest BCUT2D eigenvalue weighted by Crippen LogP contribution is 2.25. The second-order valence-corrected chi connectivity index (χ2v) is 5.89. The summed E-state index contributed by atoms with van der Waals surface area (Å²) in [5.74, 6) is -1.52. The molecule has 0 saturated heterocycles. The average molecular weight is 377 g/mol. The number of rotatable bonds is 5. The molecule has 0 saturated carbocycles. The van der Waals surface area contributed by atoms with E-state index >= 15 is 0 Å². The number of primary amides is 1. The molecule has 9 heteroatoms. The van der Waals surface area contributed by atoms with Crippen molar-refractivity contribution < 1.29 is 14.3 Å². The van der Waals surface area contributed by atoms with Crippen molar-refractivity contribution in [2.24, 2.45) is 5.73 Å². The highest BCUT2D eigenvalue weighted by atomic mass is 35.5. The van der Waals surface area contributed by atoms with E-state index in [2.05, 4.69) is 5.10 Å². The predicted molar refractivity (Wildman–Crippen MR) is 87.0 cm³/mol. The standard InChI is InChI=1S/C14H12Cl3N3O3/c1-7-12(14(22)23-6-11(18)21)13(17)20(19-7)5-8-2-3-9(15)4-10(8)16/h2-4H,5-6H2,1H3,(H2,18,21). The summed E-state index contributed by atoms with van der Waals surface area (Å²) >= 11 is 18.2. The summed E-state index contributed by atoms with van der Waals surface area (Å²) in [7, 11) is 0. The summed E-state index contributed by atoms with van der Waals surface area (Å²) in [5.41, 5.74) is 6.12. The van der Waals surface area contributed by atoms with Crippen molar-refractivity contribution in [2.45, 2.75) is 13.5 Å². The number of aromatic nitrogens is 2. The van der Waals surface area contributed by atoms with Gasteiger partial charge in [-0.2, -0.15) is 5.10 Å². The fourth-order valence-electron chi connectivity index (χ4n) is 1.91. The molecule has 0 fully saturated rings. The van der Waals surface area contributed by atoms with E-state index in [1.807, 2.05) is 0 Å². The minimum Gasteiger partial charge on any atom is -0.452 e. The number of carbonyl (C=O) groups is 2. The van der Waals surface area contributed by atoms with Crippen LogP contribution in [0.4, 0.5) is 0 Å². The monoisotopic (exact) mass is 375 g/mol. The molecule has 23 heavy (non-hydrogen) atoms. The van der Waals surface area contributed by atoms with Gasteiger partial charge in [0.05, 0.1) is 12.2 Å². The lowest BCUT2D eigenvalue weighted by Crippen LogP contribution is -2.21. The number of benzene rings is 1. The third kappa shape index (κ3) is 4.16. The van der Waals surface area contributed by atoms with E-state index in [0.717, 1.165) is 5.56 Å². The van der Waals surface area contributed by atoms with Gasteiger partial charge in [-0.25, -0.2) is 9.48 Å². The number of amides is 1. The number of esters is 1. The highest BCUT2D eigenvalue weighted by molar-refractivity contribution is 6.35. The summed E-state index contributed by atoms with van der Waals surface area (Å²) in [6.07, 6.45) is 0. The van der Waals surface area contributed by atoms with Crippen molar-refractivity contribution in [2.75, 3.05) is 6.61 Å². The van der Waals surface area contributed by atoms with Gasteiger partial charge in [0.15, 0.2) is 6.61 Å². The zero-order valence-corrected chi connectivity index (χ0v) is 14.2. The Balaban J connectivity index is 2.26. The average Bonchev–Trinajstić information content (AvgIpc) is 2.74. The van der Waals surface area contributed by atoms with Gasteiger partial charge in [-0.3, -0.25) is 4.79 Å². The Hall–Kier alpha value is -1.76. The normalized spacial score (nSPS) is 10.6. The first-order chi connectivity index (χ1) is 10.8. The first kappa shape index (κ1) is 17.6. The Labute approximate surface area is 147 Å². The minimum atomic E-state index is -0.764. The van der Waals surface area contributed by atoms with E-state index in [0.29, 0.717) is 15.7 Å². The van der Waals surface area contributed by atoms with Crippen LogP contribution in [0.25, 0.3) is 0 Å². The highest BCUT2D eigenvalue weighted by Gasteiger charge is 2.22. The van der Waals surface area contributed by atoms with Gasteiger partial charge >= 0.3 is 5.97 Å². The van der Waals surface area contributed by atoms with Crippen LogP contribution in [-0.2, 0) is 16.1 Å². The molecule has 1 amide bonds. The van der Waals surface area contributed by atoms with Crippen LogP contribution in [0.3, 0.4) is 0 Å². The van der Waals surface area contributed by atoms with E-state index in [-0.39, 0.29) is 17.3 Å². The number of nitrogens with zero attached hydrogens (tertiary/aromatic N) is 2. The molecule has 0 aliphatic heterocycles. The van der Waals surface area contributed by atoms with Crippen molar-refractivity contribution in [1.82, 2.24) is 9.78 Å². The molecule has 0 bridgehead atoms.